The second-order valence-corrected chi connectivity index (χ2v) is 5.38. The first-order valence-corrected chi connectivity index (χ1v) is 7.01. The Hall–Kier alpha value is -0.930. The number of benzene rings is 1. The first-order chi connectivity index (χ1) is 8.99. The predicted molar refractivity (Wildman–Crippen MR) is 77.7 cm³/mol. The van der Waals surface area contributed by atoms with Gasteiger partial charge in [0, 0.05) is 0 Å². The van der Waals surface area contributed by atoms with Crippen LogP contribution in [0, 0.1) is 6.92 Å². The van der Waals surface area contributed by atoms with E-state index < -0.39 is 4.84 Å². The van der Waals surface area contributed by atoms with E-state index in [-0.39, 0.29) is 12.7 Å². The van der Waals surface area contributed by atoms with Crippen molar-refractivity contribution in [1.29, 1.82) is 0 Å². The molecule has 1 unspecified atom stereocenters. The summed E-state index contributed by atoms with van der Waals surface area (Å²) in [5.41, 5.74) is 1.91. The standard InChI is InChI=1S/C14H18Cl2O3/c1-4-11-8-12(19-10(3)14(15)16)7-9(2)13(11)18-6-5-17/h5,7-8,10,14H,4,6H2,1-3H3. The van der Waals surface area contributed by atoms with Crippen molar-refractivity contribution in [2.24, 2.45) is 0 Å². The summed E-state index contributed by atoms with van der Waals surface area (Å²) in [5, 5.41) is 0. The van der Waals surface area contributed by atoms with Crippen LogP contribution in [0.2, 0.25) is 0 Å². The number of carbonyl (C=O) groups excluding carboxylic acids is 1. The molecule has 19 heavy (non-hydrogen) atoms. The minimum absolute atomic E-state index is 0.0515. The molecule has 1 rings (SSSR count). The number of hydrogen-bond donors (Lipinski definition) is 0. The molecule has 0 aromatic heterocycles. The lowest BCUT2D eigenvalue weighted by Gasteiger charge is -2.18. The van der Waals surface area contributed by atoms with Crippen LogP contribution < -0.4 is 9.47 Å². The molecule has 0 fully saturated rings. The van der Waals surface area contributed by atoms with Crippen LogP contribution in [-0.2, 0) is 11.2 Å². The van der Waals surface area contributed by atoms with Gasteiger partial charge in [0.1, 0.15) is 29.0 Å². The summed E-state index contributed by atoms with van der Waals surface area (Å²) in [6, 6.07) is 3.74. The molecule has 0 aliphatic rings. The third-order valence-electron chi connectivity index (χ3n) is 2.68. The number of halogens is 2. The highest BCUT2D eigenvalue weighted by atomic mass is 35.5. The van der Waals surface area contributed by atoms with Crippen molar-refractivity contribution in [2.75, 3.05) is 6.61 Å². The van der Waals surface area contributed by atoms with E-state index in [4.69, 9.17) is 32.7 Å². The largest absolute Gasteiger partial charge is 0.488 e. The summed E-state index contributed by atoms with van der Waals surface area (Å²) >= 11 is 11.5. The van der Waals surface area contributed by atoms with Crippen molar-refractivity contribution in [3.8, 4) is 11.5 Å². The molecular formula is C14H18Cl2O3. The van der Waals surface area contributed by atoms with Gasteiger partial charge >= 0.3 is 0 Å². The summed E-state index contributed by atoms with van der Waals surface area (Å²) in [7, 11) is 0. The molecule has 0 N–H and O–H groups in total. The highest BCUT2D eigenvalue weighted by molar-refractivity contribution is 6.44. The topological polar surface area (TPSA) is 35.5 Å². The van der Waals surface area contributed by atoms with Gasteiger partial charge in [0.2, 0.25) is 0 Å². The van der Waals surface area contributed by atoms with Crippen LogP contribution in [0.25, 0.3) is 0 Å². The number of alkyl halides is 2. The molecule has 1 atom stereocenters. The molecule has 0 heterocycles. The minimum atomic E-state index is -0.587. The lowest BCUT2D eigenvalue weighted by atomic mass is 10.1. The van der Waals surface area contributed by atoms with Gasteiger partial charge in [-0.25, -0.2) is 0 Å². The average molecular weight is 305 g/mol. The van der Waals surface area contributed by atoms with Gasteiger partial charge in [-0.2, -0.15) is 0 Å². The maximum absolute atomic E-state index is 10.4. The van der Waals surface area contributed by atoms with Gasteiger partial charge in [-0.3, -0.25) is 4.79 Å². The van der Waals surface area contributed by atoms with E-state index in [2.05, 4.69) is 0 Å². The molecule has 0 radical (unpaired) electrons. The maximum atomic E-state index is 10.4. The molecule has 0 amide bonds. The summed E-state index contributed by atoms with van der Waals surface area (Å²) in [6.07, 6.45) is 1.22. The van der Waals surface area contributed by atoms with Crippen molar-refractivity contribution >= 4 is 29.5 Å². The zero-order valence-electron chi connectivity index (χ0n) is 11.3. The molecule has 0 saturated heterocycles. The van der Waals surface area contributed by atoms with E-state index in [1.54, 1.807) is 0 Å². The van der Waals surface area contributed by atoms with Crippen LogP contribution in [0.15, 0.2) is 12.1 Å². The summed E-state index contributed by atoms with van der Waals surface area (Å²) in [4.78, 5) is 9.81. The van der Waals surface area contributed by atoms with Gasteiger partial charge in [0.15, 0.2) is 6.29 Å². The van der Waals surface area contributed by atoms with Crippen LogP contribution in [-0.4, -0.2) is 23.8 Å². The molecule has 1 aromatic carbocycles. The summed E-state index contributed by atoms with van der Waals surface area (Å²) in [6.45, 7) is 5.79. The van der Waals surface area contributed by atoms with Crippen molar-refractivity contribution < 1.29 is 14.3 Å². The molecule has 0 saturated carbocycles. The average Bonchev–Trinajstić information content (AvgIpc) is 2.36. The molecule has 0 spiro atoms. The van der Waals surface area contributed by atoms with Crippen LogP contribution in [0.1, 0.15) is 25.0 Å². The molecule has 1 aromatic rings. The summed E-state index contributed by atoms with van der Waals surface area (Å²) in [5.74, 6) is 1.44. The Morgan fingerprint density at radius 2 is 2.05 bits per heavy atom. The van der Waals surface area contributed by atoms with Crippen molar-refractivity contribution in [3.05, 3.63) is 23.3 Å². The number of aldehydes is 1. The first-order valence-electron chi connectivity index (χ1n) is 6.14. The normalized spacial score (nSPS) is 12.3. The fraction of sp³-hybridized carbons (Fsp3) is 0.500. The van der Waals surface area contributed by atoms with Crippen molar-refractivity contribution in [1.82, 2.24) is 0 Å². The Labute approximate surface area is 123 Å². The quantitative estimate of drug-likeness (QED) is 0.569. The van der Waals surface area contributed by atoms with Crippen LogP contribution >= 0.6 is 23.2 Å². The Bertz CT molecular complexity index is 433. The van der Waals surface area contributed by atoms with E-state index in [0.29, 0.717) is 5.75 Å². The zero-order valence-corrected chi connectivity index (χ0v) is 12.8. The number of aryl methyl sites for hydroxylation is 2. The second-order valence-electron chi connectivity index (χ2n) is 4.22. The number of rotatable bonds is 7. The van der Waals surface area contributed by atoms with Gasteiger partial charge in [-0.05, 0) is 43.5 Å². The highest BCUT2D eigenvalue weighted by Gasteiger charge is 2.15. The molecular weight excluding hydrogens is 287 g/mol. The predicted octanol–water partition coefficient (Wildman–Crippen LogP) is 3.71. The monoisotopic (exact) mass is 304 g/mol. The minimum Gasteiger partial charge on any atom is -0.488 e. The van der Waals surface area contributed by atoms with Gasteiger partial charge in [0.05, 0.1) is 0 Å². The molecule has 0 aliphatic carbocycles. The molecule has 0 aliphatic heterocycles. The Morgan fingerprint density at radius 1 is 1.37 bits per heavy atom. The van der Waals surface area contributed by atoms with E-state index in [1.807, 2.05) is 32.9 Å². The zero-order chi connectivity index (χ0) is 14.4. The fourth-order valence-electron chi connectivity index (χ4n) is 1.73. The van der Waals surface area contributed by atoms with E-state index in [1.165, 1.54) is 0 Å². The number of hydrogen-bond acceptors (Lipinski definition) is 3. The van der Waals surface area contributed by atoms with Gasteiger partial charge < -0.3 is 9.47 Å². The van der Waals surface area contributed by atoms with Gasteiger partial charge in [-0.15, -0.1) is 23.2 Å². The van der Waals surface area contributed by atoms with Crippen molar-refractivity contribution in [2.45, 2.75) is 38.1 Å². The second kappa shape index (κ2) is 7.61. The van der Waals surface area contributed by atoms with Crippen LogP contribution in [0.4, 0.5) is 0 Å². The Kier molecular flexibility index (Phi) is 6.46. The van der Waals surface area contributed by atoms with Gasteiger partial charge in [0.25, 0.3) is 0 Å². The Balaban J connectivity index is 2.98. The summed E-state index contributed by atoms with van der Waals surface area (Å²) < 4.78 is 11.1. The smallest absolute Gasteiger partial charge is 0.157 e. The molecule has 5 heteroatoms. The van der Waals surface area contributed by atoms with E-state index in [9.17, 15) is 4.79 Å². The lowest BCUT2D eigenvalue weighted by molar-refractivity contribution is -0.109. The SMILES string of the molecule is CCc1cc(OC(C)C(Cl)Cl)cc(C)c1OCC=O. The van der Waals surface area contributed by atoms with Crippen LogP contribution in [0.5, 0.6) is 11.5 Å². The third-order valence-corrected chi connectivity index (χ3v) is 3.39. The first kappa shape index (κ1) is 16.1. The van der Waals surface area contributed by atoms with Crippen LogP contribution in [0.3, 0.4) is 0 Å². The van der Waals surface area contributed by atoms with E-state index >= 15 is 0 Å². The van der Waals surface area contributed by atoms with Gasteiger partial charge in [-0.1, -0.05) is 6.92 Å². The Morgan fingerprint density at radius 3 is 2.58 bits per heavy atom. The number of carbonyl (C=O) groups is 1. The molecule has 0 bridgehead atoms. The molecule has 106 valence electrons. The third kappa shape index (κ3) is 4.59. The highest BCUT2D eigenvalue weighted by Crippen LogP contribution is 2.30. The fourth-order valence-corrected chi connectivity index (χ4v) is 1.83. The maximum Gasteiger partial charge on any atom is 0.157 e. The van der Waals surface area contributed by atoms with E-state index in [0.717, 1.165) is 29.6 Å². The number of ether oxygens (including phenoxy) is 2. The lowest BCUT2D eigenvalue weighted by Crippen LogP contribution is -2.19. The van der Waals surface area contributed by atoms with Crippen molar-refractivity contribution in [3.63, 3.8) is 0 Å². The molecule has 3 nitrogen and oxygen atoms in total.